The van der Waals surface area contributed by atoms with Crippen molar-refractivity contribution in [2.75, 3.05) is 46.5 Å². The third-order valence-corrected chi connectivity index (χ3v) is 1.62. The van der Waals surface area contributed by atoms with Gasteiger partial charge in [0.2, 0.25) is 0 Å². The van der Waals surface area contributed by atoms with Gasteiger partial charge in [-0.1, -0.05) is 0 Å². The fourth-order valence-electron chi connectivity index (χ4n) is 0.970. The lowest BCUT2D eigenvalue weighted by Gasteiger charge is -2.30. The third-order valence-electron chi connectivity index (χ3n) is 1.62. The van der Waals surface area contributed by atoms with Crippen LogP contribution in [0.15, 0.2) is 0 Å². The molecule has 3 N–H and O–H groups in total. The molecular weight excluding hydrogens is 160 g/mol. The Kier molecular flexibility index (Phi) is 7.33. The predicted molar refractivity (Wildman–Crippen MR) is 45.5 cm³/mol. The second kappa shape index (κ2) is 7.45. The van der Waals surface area contributed by atoms with Gasteiger partial charge in [0.25, 0.3) is 0 Å². The van der Waals surface area contributed by atoms with Crippen LogP contribution in [0.1, 0.15) is 0 Å². The van der Waals surface area contributed by atoms with E-state index in [0.717, 1.165) is 0 Å². The first-order valence-corrected chi connectivity index (χ1v) is 4.04. The van der Waals surface area contributed by atoms with Crippen LogP contribution in [-0.4, -0.2) is 71.8 Å². The van der Waals surface area contributed by atoms with Crippen LogP contribution in [0.5, 0.6) is 0 Å². The van der Waals surface area contributed by atoms with E-state index < -0.39 is 0 Å². The van der Waals surface area contributed by atoms with Crippen molar-refractivity contribution in [1.82, 2.24) is 10.0 Å². The Morgan fingerprint density at radius 1 is 0.833 bits per heavy atom. The SMILES string of the molecule is CN(CCO)N(CCO)CCO. The molecule has 5 heteroatoms. The molecule has 0 unspecified atom stereocenters. The molecule has 0 aromatic carbocycles. The molecule has 0 heterocycles. The van der Waals surface area contributed by atoms with Crippen molar-refractivity contribution < 1.29 is 15.3 Å². The van der Waals surface area contributed by atoms with Gasteiger partial charge < -0.3 is 15.3 Å². The molecule has 0 aromatic rings. The normalized spacial score (nSPS) is 11.5. The molecule has 5 nitrogen and oxygen atoms in total. The highest BCUT2D eigenvalue weighted by Crippen LogP contribution is 1.92. The summed E-state index contributed by atoms with van der Waals surface area (Å²) >= 11 is 0. The molecule has 0 saturated carbocycles. The average molecular weight is 178 g/mol. The zero-order valence-corrected chi connectivity index (χ0v) is 7.48. The fourth-order valence-corrected chi connectivity index (χ4v) is 0.970. The zero-order valence-electron chi connectivity index (χ0n) is 7.48. The van der Waals surface area contributed by atoms with Gasteiger partial charge in [-0.3, -0.25) is 0 Å². The van der Waals surface area contributed by atoms with Gasteiger partial charge in [0, 0.05) is 26.7 Å². The van der Waals surface area contributed by atoms with E-state index in [4.69, 9.17) is 15.3 Å². The Hall–Kier alpha value is -0.200. The van der Waals surface area contributed by atoms with Gasteiger partial charge in [0.1, 0.15) is 0 Å². The molecule has 0 aromatic heterocycles. The first-order chi connectivity index (χ1) is 5.76. The van der Waals surface area contributed by atoms with Crippen molar-refractivity contribution in [2.45, 2.75) is 0 Å². The van der Waals surface area contributed by atoms with Crippen molar-refractivity contribution in [1.29, 1.82) is 0 Å². The molecule has 0 aliphatic rings. The molecule has 0 spiro atoms. The lowest BCUT2D eigenvalue weighted by Crippen LogP contribution is -2.44. The van der Waals surface area contributed by atoms with Gasteiger partial charge in [-0.2, -0.15) is 0 Å². The summed E-state index contributed by atoms with van der Waals surface area (Å²) < 4.78 is 0. The van der Waals surface area contributed by atoms with Crippen LogP contribution in [0, 0.1) is 0 Å². The Morgan fingerprint density at radius 2 is 1.25 bits per heavy atom. The maximum atomic E-state index is 8.67. The minimum absolute atomic E-state index is 0.0514. The molecule has 0 amide bonds. The predicted octanol–water partition coefficient (Wildman–Crippen LogP) is -1.89. The smallest absolute Gasteiger partial charge is 0.0572 e. The maximum absolute atomic E-state index is 8.67. The Balaban J connectivity index is 3.72. The number of nitrogens with zero attached hydrogens (tertiary/aromatic N) is 2. The van der Waals surface area contributed by atoms with E-state index >= 15 is 0 Å². The zero-order chi connectivity index (χ0) is 9.40. The molecule has 0 fully saturated rings. The van der Waals surface area contributed by atoms with E-state index in [-0.39, 0.29) is 19.8 Å². The van der Waals surface area contributed by atoms with Gasteiger partial charge in [-0.15, -0.1) is 0 Å². The minimum atomic E-state index is 0.0514. The van der Waals surface area contributed by atoms with Crippen LogP contribution in [-0.2, 0) is 0 Å². The highest BCUT2D eigenvalue weighted by Gasteiger charge is 2.08. The Morgan fingerprint density at radius 3 is 1.58 bits per heavy atom. The average Bonchev–Trinajstić information content (AvgIpc) is 2.04. The Labute approximate surface area is 72.8 Å². The summed E-state index contributed by atoms with van der Waals surface area (Å²) in [6.07, 6.45) is 0. The second-order valence-electron chi connectivity index (χ2n) is 2.51. The summed E-state index contributed by atoms with van der Waals surface area (Å²) in [4.78, 5) is 0. The number of aliphatic hydroxyl groups is 3. The lowest BCUT2D eigenvalue weighted by molar-refractivity contribution is -0.0323. The molecule has 12 heavy (non-hydrogen) atoms. The number of aliphatic hydroxyl groups excluding tert-OH is 3. The van der Waals surface area contributed by atoms with Crippen molar-refractivity contribution in [3.63, 3.8) is 0 Å². The summed E-state index contributed by atoms with van der Waals surface area (Å²) in [5, 5.41) is 29.5. The summed E-state index contributed by atoms with van der Waals surface area (Å²) in [7, 11) is 1.81. The van der Waals surface area contributed by atoms with Crippen LogP contribution in [0.3, 0.4) is 0 Å². The van der Waals surface area contributed by atoms with Crippen molar-refractivity contribution in [3.05, 3.63) is 0 Å². The number of hydrazine groups is 1. The van der Waals surface area contributed by atoms with Crippen molar-refractivity contribution in [3.8, 4) is 0 Å². The monoisotopic (exact) mass is 178 g/mol. The highest BCUT2D eigenvalue weighted by atomic mass is 16.3. The number of rotatable bonds is 7. The van der Waals surface area contributed by atoms with Gasteiger partial charge in [0.05, 0.1) is 19.8 Å². The van der Waals surface area contributed by atoms with Gasteiger partial charge in [-0.05, 0) is 0 Å². The van der Waals surface area contributed by atoms with Crippen molar-refractivity contribution in [2.24, 2.45) is 0 Å². The second-order valence-corrected chi connectivity index (χ2v) is 2.51. The molecule has 0 atom stereocenters. The highest BCUT2D eigenvalue weighted by molar-refractivity contribution is 4.52. The van der Waals surface area contributed by atoms with E-state index in [9.17, 15) is 0 Å². The van der Waals surface area contributed by atoms with E-state index in [1.54, 1.807) is 10.0 Å². The first kappa shape index (κ1) is 11.8. The quantitative estimate of drug-likeness (QED) is 0.398. The van der Waals surface area contributed by atoms with Crippen LogP contribution in [0.25, 0.3) is 0 Å². The minimum Gasteiger partial charge on any atom is -0.395 e. The largest absolute Gasteiger partial charge is 0.395 e. The number of hydrogen-bond acceptors (Lipinski definition) is 5. The third kappa shape index (κ3) is 4.63. The van der Waals surface area contributed by atoms with Crippen LogP contribution >= 0.6 is 0 Å². The van der Waals surface area contributed by atoms with Gasteiger partial charge >= 0.3 is 0 Å². The summed E-state index contributed by atoms with van der Waals surface area (Å²) in [6.45, 7) is 1.66. The Bertz CT molecular complexity index is 96.7. The molecule has 0 bridgehead atoms. The van der Waals surface area contributed by atoms with E-state index in [1.165, 1.54) is 0 Å². The molecule has 0 aliphatic carbocycles. The van der Waals surface area contributed by atoms with Gasteiger partial charge in [0.15, 0.2) is 0 Å². The molecular formula is C7H18N2O3. The first-order valence-electron chi connectivity index (χ1n) is 4.04. The van der Waals surface area contributed by atoms with Crippen LogP contribution < -0.4 is 0 Å². The van der Waals surface area contributed by atoms with E-state index in [1.807, 2.05) is 7.05 Å². The summed E-state index contributed by atoms with van der Waals surface area (Å²) in [5.41, 5.74) is 0. The fraction of sp³-hybridized carbons (Fsp3) is 1.00. The molecule has 74 valence electrons. The van der Waals surface area contributed by atoms with Gasteiger partial charge in [-0.25, -0.2) is 10.0 Å². The molecule has 0 saturated heterocycles. The van der Waals surface area contributed by atoms with E-state index in [2.05, 4.69) is 0 Å². The summed E-state index contributed by atoms with van der Waals surface area (Å²) in [5.74, 6) is 0. The maximum Gasteiger partial charge on any atom is 0.0572 e. The van der Waals surface area contributed by atoms with Crippen molar-refractivity contribution >= 4 is 0 Å². The number of hydrogen-bond donors (Lipinski definition) is 3. The topological polar surface area (TPSA) is 67.2 Å². The van der Waals surface area contributed by atoms with E-state index in [0.29, 0.717) is 19.6 Å². The molecule has 0 aliphatic heterocycles. The van der Waals surface area contributed by atoms with Crippen LogP contribution in [0.2, 0.25) is 0 Å². The number of likely N-dealkylation sites (N-methyl/N-ethyl adjacent to an activating group) is 1. The standard InChI is InChI=1S/C7H18N2O3/c1-8(2-5-10)9(3-6-11)4-7-12/h10-12H,2-7H2,1H3. The molecule has 0 rings (SSSR count). The van der Waals surface area contributed by atoms with Crippen LogP contribution in [0.4, 0.5) is 0 Å². The summed E-state index contributed by atoms with van der Waals surface area (Å²) in [6, 6.07) is 0. The lowest BCUT2D eigenvalue weighted by atomic mass is 10.5. The molecule has 0 radical (unpaired) electrons.